The second-order valence-electron chi connectivity index (χ2n) is 3.13. The van der Waals surface area contributed by atoms with Crippen LogP contribution >= 0.6 is 0 Å². The number of rotatable bonds is 5. The monoisotopic (exact) mass is 152 g/mol. The molecule has 0 spiro atoms. The Morgan fingerprint density at radius 2 is 1.91 bits per heavy atom. The predicted molar refractivity (Wildman–Crippen MR) is 52.7 cm³/mol. The van der Waals surface area contributed by atoms with E-state index >= 15 is 0 Å². The van der Waals surface area contributed by atoms with Gasteiger partial charge in [-0.25, -0.2) is 0 Å². The minimum absolute atomic E-state index is 1.10. The summed E-state index contributed by atoms with van der Waals surface area (Å²) in [6.07, 6.45) is 11.8. The summed E-state index contributed by atoms with van der Waals surface area (Å²) in [5, 5.41) is 0. The molecule has 0 fully saturated rings. The largest absolute Gasteiger partial charge is 0.0882 e. The lowest BCUT2D eigenvalue weighted by molar-refractivity contribution is 0.813. The molecule has 0 heterocycles. The summed E-state index contributed by atoms with van der Waals surface area (Å²) in [7, 11) is 0. The van der Waals surface area contributed by atoms with Crippen molar-refractivity contribution in [3.8, 4) is 0 Å². The van der Waals surface area contributed by atoms with Crippen molar-refractivity contribution in [1.82, 2.24) is 0 Å². The normalized spacial score (nSPS) is 10.5. The van der Waals surface area contributed by atoms with Crippen molar-refractivity contribution >= 4 is 0 Å². The predicted octanol–water partition coefficient (Wildman–Crippen LogP) is 4.09. The Balaban J connectivity index is 3.23. The molecule has 0 amide bonds. The second kappa shape index (κ2) is 7.59. The molecular formula is C11H20. The Bertz CT molecular complexity index is 125. The fourth-order valence-corrected chi connectivity index (χ4v) is 0.840. The van der Waals surface area contributed by atoms with Crippen LogP contribution in [0.15, 0.2) is 23.8 Å². The summed E-state index contributed by atoms with van der Waals surface area (Å²) in [6, 6.07) is 0. The summed E-state index contributed by atoms with van der Waals surface area (Å²) >= 11 is 0. The van der Waals surface area contributed by atoms with Crippen molar-refractivity contribution in [2.45, 2.75) is 46.5 Å². The molecular weight excluding hydrogens is 132 g/mol. The second-order valence-corrected chi connectivity index (χ2v) is 3.13. The molecule has 0 aromatic carbocycles. The van der Waals surface area contributed by atoms with E-state index in [2.05, 4.69) is 39.0 Å². The lowest BCUT2D eigenvalue weighted by Gasteiger charge is -1.88. The first kappa shape index (κ1) is 10.5. The van der Waals surface area contributed by atoms with Gasteiger partial charge in [0.25, 0.3) is 0 Å². The molecule has 0 aliphatic carbocycles. The first-order valence-corrected chi connectivity index (χ1v) is 4.55. The highest BCUT2D eigenvalue weighted by molar-refractivity contribution is 4.98. The van der Waals surface area contributed by atoms with Gasteiger partial charge < -0.3 is 0 Å². The Morgan fingerprint density at radius 1 is 1.18 bits per heavy atom. The van der Waals surface area contributed by atoms with Gasteiger partial charge in [-0.15, -0.1) is 0 Å². The van der Waals surface area contributed by atoms with Crippen molar-refractivity contribution in [3.05, 3.63) is 23.8 Å². The van der Waals surface area contributed by atoms with E-state index in [9.17, 15) is 0 Å². The smallest absolute Gasteiger partial charge is 0.0167 e. The van der Waals surface area contributed by atoms with E-state index in [0.29, 0.717) is 0 Å². The number of allylic oxidation sites excluding steroid dienone is 4. The van der Waals surface area contributed by atoms with Crippen LogP contribution in [-0.4, -0.2) is 0 Å². The van der Waals surface area contributed by atoms with Crippen molar-refractivity contribution in [2.75, 3.05) is 0 Å². The van der Waals surface area contributed by atoms with Gasteiger partial charge in [0.2, 0.25) is 0 Å². The van der Waals surface area contributed by atoms with Gasteiger partial charge in [0, 0.05) is 0 Å². The van der Waals surface area contributed by atoms with E-state index in [1.807, 2.05) is 0 Å². The van der Waals surface area contributed by atoms with Crippen molar-refractivity contribution < 1.29 is 0 Å². The van der Waals surface area contributed by atoms with Crippen LogP contribution in [0.3, 0.4) is 0 Å². The molecule has 0 aliphatic heterocycles. The van der Waals surface area contributed by atoms with Crippen LogP contribution in [0.2, 0.25) is 0 Å². The van der Waals surface area contributed by atoms with E-state index in [0.717, 1.165) is 6.42 Å². The Hall–Kier alpha value is -0.520. The van der Waals surface area contributed by atoms with E-state index in [1.165, 1.54) is 24.8 Å². The summed E-state index contributed by atoms with van der Waals surface area (Å²) in [5.74, 6) is 0. The molecule has 11 heavy (non-hydrogen) atoms. The molecule has 0 atom stereocenters. The highest BCUT2D eigenvalue weighted by Crippen LogP contribution is 1.98. The zero-order valence-corrected chi connectivity index (χ0v) is 8.06. The van der Waals surface area contributed by atoms with Gasteiger partial charge in [-0.3, -0.25) is 0 Å². The maximum Gasteiger partial charge on any atom is -0.0167 e. The third-order valence-electron chi connectivity index (χ3n) is 1.55. The Morgan fingerprint density at radius 3 is 2.45 bits per heavy atom. The van der Waals surface area contributed by atoms with Crippen molar-refractivity contribution in [1.29, 1.82) is 0 Å². The van der Waals surface area contributed by atoms with Gasteiger partial charge in [-0.2, -0.15) is 0 Å². The number of hydrogen-bond acceptors (Lipinski definition) is 0. The van der Waals surface area contributed by atoms with Crippen LogP contribution in [0.4, 0.5) is 0 Å². The molecule has 0 N–H and O–H groups in total. The molecule has 0 saturated heterocycles. The van der Waals surface area contributed by atoms with Gasteiger partial charge in [-0.1, -0.05) is 43.6 Å². The summed E-state index contributed by atoms with van der Waals surface area (Å²) < 4.78 is 0. The lowest BCUT2D eigenvalue weighted by atomic mass is 10.2. The molecule has 64 valence electrons. The Kier molecular flexibility index (Phi) is 7.23. The average molecular weight is 152 g/mol. The first-order chi connectivity index (χ1) is 5.27. The number of hydrogen-bond donors (Lipinski definition) is 0. The van der Waals surface area contributed by atoms with E-state index in [1.54, 1.807) is 0 Å². The maximum atomic E-state index is 2.28. The lowest BCUT2D eigenvalue weighted by Crippen LogP contribution is -1.67. The van der Waals surface area contributed by atoms with Gasteiger partial charge in [0.1, 0.15) is 0 Å². The Labute approximate surface area is 71.0 Å². The third kappa shape index (κ3) is 9.48. The molecule has 0 aromatic rings. The van der Waals surface area contributed by atoms with Gasteiger partial charge in [0.05, 0.1) is 0 Å². The van der Waals surface area contributed by atoms with Crippen LogP contribution in [0.25, 0.3) is 0 Å². The molecule has 0 bridgehead atoms. The average Bonchev–Trinajstić information content (AvgIpc) is 1.96. The molecule has 0 nitrogen and oxygen atoms in total. The number of unbranched alkanes of at least 4 members (excludes halogenated alkanes) is 2. The minimum Gasteiger partial charge on any atom is -0.0882 e. The maximum absolute atomic E-state index is 2.28. The van der Waals surface area contributed by atoms with Crippen LogP contribution in [0.1, 0.15) is 46.5 Å². The zero-order valence-electron chi connectivity index (χ0n) is 8.06. The topological polar surface area (TPSA) is 0 Å². The first-order valence-electron chi connectivity index (χ1n) is 4.55. The molecule has 0 aromatic heterocycles. The molecule has 0 heteroatoms. The van der Waals surface area contributed by atoms with Crippen LogP contribution in [0.5, 0.6) is 0 Å². The highest BCUT2D eigenvalue weighted by atomic mass is 13.8. The molecule has 0 aliphatic rings. The highest BCUT2D eigenvalue weighted by Gasteiger charge is 1.77. The van der Waals surface area contributed by atoms with Crippen LogP contribution < -0.4 is 0 Å². The fourth-order valence-electron chi connectivity index (χ4n) is 0.840. The van der Waals surface area contributed by atoms with Crippen molar-refractivity contribution in [2.24, 2.45) is 0 Å². The quantitative estimate of drug-likeness (QED) is 0.411. The van der Waals surface area contributed by atoms with Gasteiger partial charge in [0.15, 0.2) is 0 Å². The van der Waals surface area contributed by atoms with E-state index < -0.39 is 0 Å². The standard InChI is InChI=1S/C11H20/c1-4-5-6-7-8-9-10-11(2)3/h7-8,10H,4-6,9H2,1-3H3. The SMILES string of the molecule is CCCCC=CCC=C(C)C. The third-order valence-corrected chi connectivity index (χ3v) is 1.55. The van der Waals surface area contributed by atoms with E-state index in [4.69, 9.17) is 0 Å². The molecule has 0 rings (SSSR count). The molecule has 0 radical (unpaired) electrons. The molecule has 0 unspecified atom stereocenters. The zero-order chi connectivity index (χ0) is 8.53. The minimum atomic E-state index is 1.10. The summed E-state index contributed by atoms with van der Waals surface area (Å²) in [5.41, 5.74) is 1.41. The van der Waals surface area contributed by atoms with Crippen LogP contribution in [-0.2, 0) is 0 Å². The molecule has 0 saturated carbocycles. The van der Waals surface area contributed by atoms with E-state index in [-0.39, 0.29) is 0 Å². The fraction of sp³-hybridized carbons (Fsp3) is 0.636. The van der Waals surface area contributed by atoms with Crippen molar-refractivity contribution in [3.63, 3.8) is 0 Å². The summed E-state index contributed by atoms with van der Waals surface area (Å²) in [6.45, 7) is 6.50. The summed E-state index contributed by atoms with van der Waals surface area (Å²) in [4.78, 5) is 0. The van der Waals surface area contributed by atoms with Crippen LogP contribution in [0, 0.1) is 0 Å². The van der Waals surface area contributed by atoms with Gasteiger partial charge in [-0.05, 0) is 26.7 Å². The van der Waals surface area contributed by atoms with Gasteiger partial charge >= 0.3 is 0 Å².